The third-order valence-electron chi connectivity index (χ3n) is 3.41. The molecule has 1 unspecified atom stereocenters. The summed E-state index contributed by atoms with van der Waals surface area (Å²) in [5, 5.41) is 9.87. The van der Waals surface area contributed by atoms with Crippen LogP contribution >= 0.6 is 23.4 Å². The molecule has 19 heavy (non-hydrogen) atoms. The molecule has 0 radical (unpaired) electrons. The first kappa shape index (κ1) is 14.5. The Labute approximate surface area is 122 Å². The molecular weight excluding hydrogens is 284 g/mol. The molecule has 1 N–H and O–H groups in total. The largest absolute Gasteiger partial charge is 0.491 e. The number of hydrogen-bond donors (Lipinski definition) is 1. The van der Waals surface area contributed by atoms with E-state index in [0.717, 1.165) is 24.3 Å². The molecule has 0 saturated carbocycles. The van der Waals surface area contributed by atoms with Crippen LogP contribution in [0.15, 0.2) is 24.3 Å². The zero-order chi connectivity index (χ0) is 13.7. The van der Waals surface area contributed by atoms with E-state index in [1.165, 1.54) is 0 Å². The zero-order valence-corrected chi connectivity index (χ0v) is 12.1. The summed E-state index contributed by atoms with van der Waals surface area (Å²) in [4.78, 5) is 11.4. The number of para-hydroxylation sites is 1. The first-order valence-corrected chi connectivity index (χ1v) is 7.89. The van der Waals surface area contributed by atoms with Gasteiger partial charge < -0.3 is 9.84 Å². The van der Waals surface area contributed by atoms with E-state index in [1.54, 1.807) is 12.1 Å². The fourth-order valence-electron chi connectivity index (χ4n) is 2.27. The van der Waals surface area contributed by atoms with Gasteiger partial charge >= 0.3 is 5.97 Å². The summed E-state index contributed by atoms with van der Waals surface area (Å²) in [6, 6.07) is 7.15. The zero-order valence-electron chi connectivity index (χ0n) is 10.5. The van der Waals surface area contributed by atoms with Crippen molar-refractivity contribution >= 4 is 29.3 Å². The van der Waals surface area contributed by atoms with E-state index < -0.39 is 11.9 Å². The molecule has 104 valence electrons. The summed E-state index contributed by atoms with van der Waals surface area (Å²) in [5.41, 5.74) is 0. The Kier molecular flexibility index (Phi) is 5.40. The van der Waals surface area contributed by atoms with Crippen LogP contribution in [0.2, 0.25) is 5.02 Å². The Morgan fingerprint density at radius 3 is 2.74 bits per heavy atom. The molecule has 1 atom stereocenters. The lowest BCUT2D eigenvalue weighted by atomic mass is 9.88. The number of aliphatic carboxylic acids is 1. The topological polar surface area (TPSA) is 46.5 Å². The number of benzene rings is 1. The smallest absolute Gasteiger partial charge is 0.310 e. The second-order valence-electron chi connectivity index (χ2n) is 4.64. The standard InChI is InChI=1S/C14H17ClO3S/c15-12-3-1-2-4-13(12)18-9-11(14(16)17)10-5-7-19-8-6-10/h1-4,10-11H,5-9H2,(H,16,17). The van der Waals surface area contributed by atoms with Gasteiger partial charge in [-0.05, 0) is 42.4 Å². The number of thioether (sulfide) groups is 1. The van der Waals surface area contributed by atoms with Crippen LogP contribution in [0, 0.1) is 11.8 Å². The van der Waals surface area contributed by atoms with Gasteiger partial charge in [0.15, 0.2) is 0 Å². The van der Waals surface area contributed by atoms with Gasteiger partial charge in [0.25, 0.3) is 0 Å². The van der Waals surface area contributed by atoms with E-state index in [4.69, 9.17) is 16.3 Å². The summed E-state index contributed by atoms with van der Waals surface area (Å²) in [6.07, 6.45) is 1.90. The minimum Gasteiger partial charge on any atom is -0.491 e. The lowest BCUT2D eigenvalue weighted by Gasteiger charge is -2.27. The van der Waals surface area contributed by atoms with Crippen molar-refractivity contribution in [3.05, 3.63) is 29.3 Å². The van der Waals surface area contributed by atoms with Crippen LogP contribution < -0.4 is 4.74 Å². The van der Waals surface area contributed by atoms with Crippen molar-refractivity contribution in [2.45, 2.75) is 12.8 Å². The molecule has 0 amide bonds. The highest BCUT2D eigenvalue weighted by Gasteiger charge is 2.30. The number of carbonyl (C=O) groups is 1. The van der Waals surface area contributed by atoms with Gasteiger partial charge in [0, 0.05) is 0 Å². The molecule has 1 fully saturated rings. The average molecular weight is 301 g/mol. The monoisotopic (exact) mass is 300 g/mol. The minimum atomic E-state index is -0.774. The van der Waals surface area contributed by atoms with Crippen molar-refractivity contribution < 1.29 is 14.6 Å². The third kappa shape index (κ3) is 4.05. The van der Waals surface area contributed by atoms with Crippen molar-refractivity contribution in [3.8, 4) is 5.75 Å². The number of ether oxygens (including phenoxy) is 1. The molecule has 1 aliphatic rings. The predicted molar refractivity (Wildman–Crippen MR) is 78.1 cm³/mol. The maximum Gasteiger partial charge on any atom is 0.310 e. The first-order chi connectivity index (χ1) is 9.18. The molecule has 1 aromatic rings. The molecule has 0 aromatic heterocycles. The predicted octanol–water partition coefficient (Wildman–Crippen LogP) is 3.56. The average Bonchev–Trinajstić information content (AvgIpc) is 2.42. The fraction of sp³-hybridized carbons (Fsp3) is 0.500. The molecule has 1 saturated heterocycles. The first-order valence-electron chi connectivity index (χ1n) is 6.36. The highest BCUT2D eigenvalue weighted by molar-refractivity contribution is 7.99. The van der Waals surface area contributed by atoms with Gasteiger partial charge in [-0.2, -0.15) is 11.8 Å². The van der Waals surface area contributed by atoms with Gasteiger partial charge in [0.1, 0.15) is 12.4 Å². The normalized spacial score (nSPS) is 17.9. The molecule has 3 nitrogen and oxygen atoms in total. The van der Waals surface area contributed by atoms with E-state index in [9.17, 15) is 9.90 Å². The molecule has 5 heteroatoms. The highest BCUT2D eigenvalue weighted by Crippen LogP contribution is 2.31. The second kappa shape index (κ2) is 7.06. The van der Waals surface area contributed by atoms with Crippen molar-refractivity contribution in [1.29, 1.82) is 0 Å². The Bertz CT molecular complexity index is 432. The summed E-state index contributed by atoms with van der Waals surface area (Å²) in [6.45, 7) is 0.189. The summed E-state index contributed by atoms with van der Waals surface area (Å²) < 4.78 is 5.59. The Morgan fingerprint density at radius 1 is 1.42 bits per heavy atom. The fourth-order valence-corrected chi connectivity index (χ4v) is 3.60. The van der Waals surface area contributed by atoms with Gasteiger partial charge in [-0.25, -0.2) is 0 Å². The quantitative estimate of drug-likeness (QED) is 0.903. The summed E-state index contributed by atoms with van der Waals surface area (Å²) >= 11 is 7.89. The molecule has 0 aliphatic carbocycles. The number of rotatable bonds is 5. The van der Waals surface area contributed by atoms with Gasteiger partial charge in [-0.3, -0.25) is 4.79 Å². The molecular formula is C14H17ClO3S. The maximum atomic E-state index is 11.4. The van der Waals surface area contributed by atoms with E-state index in [0.29, 0.717) is 10.8 Å². The van der Waals surface area contributed by atoms with Gasteiger partial charge in [-0.1, -0.05) is 23.7 Å². The minimum absolute atomic E-state index is 0.189. The molecule has 0 bridgehead atoms. The van der Waals surface area contributed by atoms with Gasteiger partial charge in [0.2, 0.25) is 0 Å². The van der Waals surface area contributed by atoms with Crippen LogP contribution in [0.25, 0.3) is 0 Å². The van der Waals surface area contributed by atoms with Crippen LogP contribution in [0.3, 0.4) is 0 Å². The SMILES string of the molecule is O=C(O)C(COc1ccccc1Cl)C1CCSCC1. The molecule has 0 spiro atoms. The lowest BCUT2D eigenvalue weighted by molar-refractivity contribution is -0.145. The van der Waals surface area contributed by atoms with Crippen molar-refractivity contribution in [2.75, 3.05) is 18.1 Å². The van der Waals surface area contributed by atoms with Crippen LogP contribution in [0.5, 0.6) is 5.75 Å². The van der Waals surface area contributed by atoms with E-state index in [-0.39, 0.29) is 12.5 Å². The van der Waals surface area contributed by atoms with Crippen LogP contribution in [0.4, 0.5) is 0 Å². The number of halogens is 1. The Morgan fingerprint density at radius 2 is 2.11 bits per heavy atom. The number of hydrogen-bond acceptors (Lipinski definition) is 3. The lowest BCUT2D eigenvalue weighted by Crippen LogP contribution is -2.31. The summed E-state index contributed by atoms with van der Waals surface area (Å²) in [7, 11) is 0. The third-order valence-corrected chi connectivity index (χ3v) is 4.77. The van der Waals surface area contributed by atoms with Crippen molar-refractivity contribution in [2.24, 2.45) is 11.8 Å². The summed E-state index contributed by atoms with van der Waals surface area (Å²) in [5.74, 6) is 1.63. The van der Waals surface area contributed by atoms with Crippen LogP contribution in [0.1, 0.15) is 12.8 Å². The van der Waals surface area contributed by atoms with Gasteiger partial charge in [0.05, 0.1) is 10.9 Å². The van der Waals surface area contributed by atoms with E-state index in [1.807, 2.05) is 23.9 Å². The molecule has 1 heterocycles. The molecule has 1 aliphatic heterocycles. The highest BCUT2D eigenvalue weighted by atomic mass is 35.5. The van der Waals surface area contributed by atoms with Crippen molar-refractivity contribution in [3.63, 3.8) is 0 Å². The number of carboxylic acid groups (broad SMARTS) is 1. The number of carboxylic acids is 1. The van der Waals surface area contributed by atoms with Crippen molar-refractivity contribution in [1.82, 2.24) is 0 Å². The molecule has 1 aromatic carbocycles. The van der Waals surface area contributed by atoms with Crippen LogP contribution in [-0.2, 0) is 4.79 Å². The van der Waals surface area contributed by atoms with E-state index in [2.05, 4.69) is 0 Å². The second-order valence-corrected chi connectivity index (χ2v) is 6.27. The Hall–Kier alpha value is -0.870. The molecule has 2 rings (SSSR count). The Balaban J connectivity index is 1.97. The van der Waals surface area contributed by atoms with E-state index >= 15 is 0 Å². The van der Waals surface area contributed by atoms with Crippen LogP contribution in [-0.4, -0.2) is 29.2 Å². The van der Waals surface area contributed by atoms with Gasteiger partial charge in [-0.15, -0.1) is 0 Å². The maximum absolute atomic E-state index is 11.4.